The molecule has 0 fully saturated rings. The Kier molecular flexibility index (Phi) is 4.11. The van der Waals surface area contributed by atoms with Crippen LogP contribution in [0.3, 0.4) is 0 Å². The van der Waals surface area contributed by atoms with Crippen LogP contribution in [-0.2, 0) is 0 Å². The molecule has 1 aromatic carbocycles. The number of nitrogens with zero attached hydrogens (tertiary/aromatic N) is 2. The molecule has 6 heteroatoms. The summed E-state index contributed by atoms with van der Waals surface area (Å²) >= 11 is 0. The summed E-state index contributed by atoms with van der Waals surface area (Å²) in [5.41, 5.74) is 0.349. The Labute approximate surface area is 145 Å². The molecule has 2 N–H and O–H groups in total. The van der Waals surface area contributed by atoms with Crippen LogP contribution in [0.2, 0.25) is 0 Å². The summed E-state index contributed by atoms with van der Waals surface area (Å²) < 4.78 is 0. The van der Waals surface area contributed by atoms with Gasteiger partial charge >= 0.3 is 0 Å². The molecule has 6 nitrogen and oxygen atoms in total. The molecule has 25 heavy (non-hydrogen) atoms. The van der Waals surface area contributed by atoms with Gasteiger partial charge < -0.3 is 10.4 Å². The van der Waals surface area contributed by atoms with Crippen LogP contribution >= 0.6 is 0 Å². The highest BCUT2D eigenvalue weighted by atomic mass is 16.3. The fourth-order valence-corrected chi connectivity index (χ4v) is 3.03. The summed E-state index contributed by atoms with van der Waals surface area (Å²) in [5, 5.41) is 22.6. The van der Waals surface area contributed by atoms with Gasteiger partial charge in [0, 0.05) is 11.8 Å². The second-order valence-electron chi connectivity index (χ2n) is 6.58. The second-order valence-corrected chi connectivity index (χ2v) is 6.58. The van der Waals surface area contributed by atoms with Crippen LogP contribution in [0.25, 0.3) is 0 Å². The molecule has 1 aliphatic rings. The van der Waals surface area contributed by atoms with Gasteiger partial charge in [0.1, 0.15) is 5.69 Å². The first-order valence-corrected chi connectivity index (χ1v) is 7.85. The molecule has 1 heterocycles. The monoisotopic (exact) mass is 335 g/mol. The van der Waals surface area contributed by atoms with E-state index in [0.717, 1.165) is 0 Å². The molecular weight excluding hydrogens is 318 g/mol. The van der Waals surface area contributed by atoms with Gasteiger partial charge in [0.25, 0.3) is 5.91 Å². The molecule has 2 unspecified atom stereocenters. The van der Waals surface area contributed by atoms with Crippen molar-refractivity contribution < 1.29 is 14.7 Å². The third-order valence-corrected chi connectivity index (χ3v) is 4.58. The van der Waals surface area contributed by atoms with Crippen molar-refractivity contribution in [2.24, 2.45) is 5.41 Å². The van der Waals surface area contributed by atoms with Crippen molar-refractivity contribution in [3.05, 3.63) is 65.0 Å². The number of carbonyl (C=O) groups excluding carboxylic acids is 2. The standard InChI is InChI=1S/C19H17N3O3/c1-19(2)16(23)12-7-6-11(10-20)9-13(12)15(17(19)24)22-18(25)14-5-3-4-8-21-14/h3-9,15,17,24H,1-2H3,(H,22,25). The SMILES string of the molecule is CC1(C)C(=O)c2ccc(C#N)cc2C(NC(=O)c2ccccn2)C1O. The molecule has 126 valence electrons. The Morgan fingerprint density at radius 2 is 2.08 bits per heavy atom. The average Bonchev–Trinajstić information content (AvgIpc) is 2.64. The molecule has 0 bridgehead atoms. The van der Waals surface area contributed by atoms with Crippen LogP contribution in [-0.4, -0.2) is 27.9 Å². The molecule has 0 aliphatic heterocycles. The van der Waals surface area contributed by atoms with Crippen LogP contribution in [0.5, 0.6) is 0 Å². The molecule has 0 saturated carbocycles. The average molecular weight is 335 g/mol. The topological polar surface area (TPSA) is 103 Å². The lowest BCUT2D eigenvalue weighted by molar-refractivity contribution is 0.0128. The number of pyridine rings is 1. The number of nitrogens with one attached hydrogen (secondary N) is 1. The summed E-state index contributed by atoms with van der Waals surface area (Å²) in [5.74, 6) is -0.675. The maximum atomic E-state index is 12.7. The molecule has 2 aromatic rings. The van der Waals surface area contributed by atoms with Crippen molar-refractivity contribution in [1.82, 2.24) is 10.3 Å². The summed E-state index contributed by atoms with van der Waals surface area (Å²) in [7, 11) is 0. The number of aliphatic hydroxyl groups excluding tert-OH is 1. The Balaban J connectivity index is 2.06. The Bertz CT molecular complexity index is 885. The van der Waals surface area contributed by atoms with E-state index in [0.29, 0.717) is 16.7 Å². The first kappa shape index (κ1) is 16.8. The number of aliphatic hydroxyl groups is 1. The Morgan fingerprint density at radius 1 is 1.32 bits per heavy atom. The number of carbonyl (C=O) groups is 2. The number of Topliss-reactive ketones (excluding diaryl/α,β-unsaturated/α-hetero) is 1. The van der Waals surface area contributed by atoms with Gasteiger partial charge in [-0.25, -0.2) is 0 Å². The Morgan fingerprint density at radius 3 is 2.72 bits per heavy atom. The molecule has 1 aromatic heterocycles. The van der Waals surface area contributed by atoms with E-state index in [4.69, 9.17) is 5.26 Å². The van der Waals surface area contributed by atoms with Crippen LogP contribution in [0.1, 0.15) is 51.9 Å². The number of hydrogen-bond acceptors (Lipinski definition) is 5. The number of fused-ring (bicyclic) bond motifs is 1. The van der Waals surface area contributed by atoms with Gasteiger partial charge in [-0.15, -0.1) is 0 Å². The van der Waals surface area contributed by atoms with Crippen molar-refractivity contribution >= 4 is 11.7 Å². The zero-order chi connectivity index (χ0) is 18.2. The minimum Gasteiger partial charge on any atom is -0.390 e. The number of ketones is 1. The molecule has 3 rings (SSSR count). The lowest BCUT2D eigenvalue weighted by Gasteiger charge is -2.40. The molecule has 0 spiro atoms. The maximum absolute atomic E-state index is 12.7. The van der Waals surface area contributed by atoms with E-state index in [2.05, 4.69) is 10.3 Å². The normalized spacial score (nSPS) is 21.1. The van der Waals surface area contributed by atoms with E-state index >= 15 is 0 Å². The lowest BCUT2D eigenvalue weighted by atomic mass is 9.68. The zero-order valence-electron chi connectivity index (χ0n) is 13.9. The predicted octanol–water partition coefficient (Wildman–Crippen LogP) is 2.01. The largest absolute Gasteiger partial charge is 0.390 e. The number of aromatic nitrogens is 1. The molecule has 0 radical (unpaired) electrons. The van der Waals surface area contributed by atoms with Gasteiger partial charge in [0.05, 0.1) is 29.2 Å². The van der Waals surface area contributed by atoms with Gasteiger partial charge in [-0.3, -0.25) is 14.6 Å². The molecule has 0 saturated heterocycles. The molecule has 2 atom stereocenters. The van der Waals surface area contributed by atoms with Crippen molar-refractivity contribution in [2.45, 2.75) is 26.0 Å². The van der Waals surface area contributed by atoms with Crippen LogP contribution in [0, 0.1) is 16.7 Å². The number of rotatable bonds is 2. The fraction of sp³-hybridized carbons (Fsp3) is 0.263. The fourth-order valence-electron chi connectivity index (χ4n) is 3.03. The molecular formula is C19H17N3O3. The third kappa shape index (κ3) is 2.79. The summed E-state index contributed by atoms with van der Waals surface area (Å²) in [6, 6.07) is 10.8. The zero-order valence-corrected chi connectivity index (χ0v) is 13.9. The first-order valence-electron chi connectivity index (χ1n) is 7.85. The number of nitriles is 1. The van der Waals surface area contributed by atoms with E-state index in [1.54, 1.807) is 44.2 Å². The van der Waals surface area contributed by atoms with Crippen LogP contribution in [0.4, 0.5) is 0 Å². The third-order valence-electron chi connectivity index (χ3n) is 4.58. The summed E-state index contributed by atoms with van der Waals surface area (Å²) in [6.07, 6.45) is 0.371. The lowest BCUT2D eigenvalue weighted by Crippen LogP contribution is -2.51. The van der Waals surface area contributed by atoms with E-state index in [1.807, 2.05) is 6.07 Å². The van der Waals surface area contributed by atoms with Crippen molar-refractivity contribution in [1.29, 1.82) is 5.26 Å². The van der Waals surface area contributed by atoms with Gasteiger partial charge in [-0.05, 0) is 49.7 Å². The van der Waals surface area contributed by atoms with Crippen LogP contribution < -0.4 is 5.32 Å². The number of amides is 1. The smallest absolute Gasteiger partial charge is 0.270 e. The van der Waals surface area contributed by atoms with Crippen molar-refractivity contribution in [3.8, 4) is 6.07 Å². The van der Waals surface area contributed by atoms with E-state index < -0.39 is 23.5 Å². The van der Waals surface area contributed by atoms with Crippen molar-refractivity contribution in [3.63, 3.8) is 0 Å². The second kappa shape index (κ2) is 6.11. The first-order chi connectivity index (χ1) is 11.9. The Hall–Kier alpha value is -3.04. The predicted molar refractivity (Wildman–Crippen MR) is 89.7 cm³/mol. The van der Waals surface area contributed by atoms with E-state index in [9.17, 15) is 14.7 Å². The van der Waals surface area contributed by atoms with Gasteiger partial charge in [0.2, 0.25) is 0 Å². The van der Waals surface area contributed by atoms with Crippen LogP contribution in [0.15, 0.2) is 42.6 Å². The van der Waals surface area contributed by atoms with Gasteiger partial charge in [-0.2, -0.15) is 5.26 Å². The van der Waals surface area contributed by atoms with Gasteiger partial charge in [0.15, 0.2) is 5.78 Å². The minimum atomic E-state index is -1.13. The van der Waals surface area contributed by atoms with Crippen molar-refractivity contribution in [2.75, 3.05) is 0 Å². The molecule has 1 amide bonds. The van der Waals surface area contributed by atoms with E-state index in [1.165, 1.54) is 12.3 Å². The highest BCUT2D eigenvalue weighted by Gasteiger charge is 2.47. The quantitative estimate of drug-likeness (QED) is 0.874. The molecule has 1 aliphatic carbocycles. The number of benzene rings is 1. The maximum Gasteiger partial charge on any atom is 0.270 e. The highest BCUT2D eigenvalue weighted by molar-refractivity contribution is 6.04. The van der Waals surface area contributed by atoms with Gasteiger partial charge in [-0.1, -0.05) is 6.07 Å². The highest BCUT2D eigenvalue weighted by Crippen LogP contribution is 2.41. The summed E-state index contributed by atoms with van der Waals surface area (Å²) in [4.78, 5) is 29.2. The number of hydrogen-bond donors (Lipinski definition) is 2. The minimum absolute atomic E-state index is 0.211. The summed E-state index contributed by atoms with van der Waals surface area (Å²) in [6.45, 7) is 3.28. The van der Waals surface area contributed by atoms with E-state index in [-0.39, 0.29) is 11.5 Å².